The molecule has 0 amide bonds. The zero-order valence-corrected chi connectivity index (χ0v) is 13.4. The largest absolute Gasteiger partial charge is 0.376 e. The van der Waals surface area contributed by atoms with Crippen LogP contribution < -0.4 is 10.5 Å². The van der Waals surface area contributed by atoms with Crippen LogP contribution in [-0.2, 0) is 6.54 Å². The third-order valence-corrected chi connectivity index (χ3v) is 4.50. The maximum Gasteiger partial charge on any atom is 0.376 e. The molecular formula is C16H16N6O3. The van der Waals surface area contributed by atoms with Crippen LogP contribution in [0.4, 0.5) is 11.5 Å². The summed E-state index contributed by atoms with van der Waals surface area (Å²) in [6, 6.07) is 5.11. The standard InChI is InChI=1S/C16H16N6O3/c23-16-14(22(24)25)15(18-13-5-1-2-7-21(13)16)20-8-3-4-12(20)10-19-9-6-17-11-19/h1-2,5-7,9,11-12H,3-4,8,10H2. The fraction of sp³-hybridized carbons (Fsp3) is 0.312. The van der Waals surface area contributed by atoms with Crippen LogP contribution in [0.1, 0.15) is 12.8 Å². The number of anilines is 1. The van der Waals surface area contributed by atoms with E-state index in [-0.39, 0.29) is 11.9 Å². The topological polar surface area (TPSA) is 98.6 Å². The Morgan fingerprint density at radius 3 is 2.96 bits per heavy atom. The van der Waals surface area contributed by atoms with Crippen molar-refractivity contribution < 1.29 is 4.92 Å². The first-order valence-electron chi connectivity index (χ1n) is 8.03. The minimum Gasteiger partial charge on any atom is -0.346 e. The van der Waals surface area contributed by atoms with E-state index >= 15 is 0 Å². The van der Waals surface area contributed by atoms with Crippen LogP contribution in [-0.4, -0.2) is 36.4 Å². The van der Waals surface area contributed by atoms with E-state index in [2.05, 4.69) is 9.97 Å². The smallest absolute Gasteiger partial charge is 0.346 e. The molecule has 3 aromatic heterocycles. The number of pyridine rings is 1. The van der Waals surface area contributed by atoms with Crippen LogP contribution in [0.3, 0.4) is 0 Å². The highest BCUT2D eigenvalue weighted by atomic mass is 16.6. The predicted molar refractivity (Wildman–Crippen MR) is 90.7 cm³/mol. The summed E-state index contributed by atoms with van der Waals surface area (Å²) in [5, 5.41) is 11.6. The molecule has 9 nitrogen and oxygen atoms in total. The van der Waals surface area contributed by atoms with E-state index in [1.54, 1.807) is 30.7 Å². The van der Waals surface area contributed by atoms with Crippen molar-refractivity contribution in [1.82, 2.24) is 18.9 Å². The number of hydrogen-bond donors (Lipinski definition) is 0. The predicted octanol–water partition coefficient (Wildman–Crippen LogP) is 1.47. The molecule has 0 spiro atoms. The Balaban J connectivity index is 1.83. The minimum absolute atomic E-state index is 0.0333. The highest BCUT2D eigenvalue weighted by Crippen LogP contribution is 2.30. The second-order valence-electron chi connectivity index (χ2n) is 6.02. The summed E-state index contributed by atoms with van der Waals surface area (Å²) in [5.74, 6) is 0.156. The van der Waals surface area contributed by atoms with Gasteiger partial charge in [-0.1, -0.05) is 6.07 Å². The summed E-state index contributed by atoms with van der Waals surface area (Å²) in [5.41, 5.74) is -0.721. The number of fused-ring (bicyclic) bond motifs is 1. The van der Waals surface area contributed by atoms with Crippen molar-refractivity contribution in [3.8, 4) is 0 Å². The molecule has 0 bridgehead atoms. The van der Waals surface area contributed by atoms with Crippen LogP contribution in [0.25, 0.3) is 5.65 Å². The number of rotatable bonds is 4. The molecule has 1 aliphatic heterocycles. The molecule has 4 rings (SSSR count). The summed E-state index contributed by atoms with van der Waals surface area (Å²) >= 11 is 0. The van der Waals surface area contributed by atoms with Gasteiger partial charge in [-0.2, -0.15) is 0 Å². The summed E-state index contributed by atoms with van der Waals surface area (Å²) in [6.45, 7) is 1.28. The highest BCUT2D eigenvalue weighted by molar-refractivity contribution is 5.62. The SMILES string of the molecule is O=c1c([N+](=O)[O-])c(N2CCCC2Cn2ccnc2)nc2ccccn12. The lowest BCUT2D eigenvalue weighted by Gasteiger charge is -2.25. The Labute approximate surface area is 142 Å². The van der Waals surface area contributed by atoms with Gasteiger partial charge in [0.05, 0.1) is 11.3 Å². The molecule has 1 aliphatic rings. The maximum atomic E-state index is 12.6. The lowest BCUT2D eigenvalue weighted by molar-refractivity contribution is -0.385. The summed E-state index contributed by atoms with van der Waals surface area (Å²) in [7, 11) is 0. The minimum atomic E-state index is -0.654. The van der Waals surface area contributed by atoms with Crippen LogP contribution in [0.2, 0.25) is 0 Å². The first-order valence-corrected chi connectivity index (χ1v) is 8.03. The Morgan fingerprint density at radius 1 is 1.32 bits per heavy atom. The monoisotopic (exact) mass is 340 g/mol. The van der Waals surface area contributed by atoms with Gasteiger partial charge in [0.1, 0.15) is 5.65 Å². The average molecular weight is 340 g/mol. The van der Waals surface area contributed by atoms with E-state index in [0.717, 1.165) is 12.8 Å². The molecule has 1 atom stereocenters. The van der Waals surface area contributed by atoms with Crippen LogP contribution >= 0.6 is 0 Å². The second-order valence-corrected chi connectivity index (χ2v) is 6.02. The zero-order chi connectivity index (χ0) is 17.4. The number of nitrogens with zero attached hydrogens (tertiary/aromatic N) is 6. The van der Waals surface area contributed by atoms with Gasteiger partial charge in [-0.25, -0.2) is 9.97 Å². The normalized spacial score (nSPS) is 17.3. The molecule has 0 aliphatic carbocycles. The van der Waals surface area contributed by atoms with Crippen molar-refractivity contribution in [2.24, 2.45) is 0 Å². The van der Waals surface area contributed by atoms with Gasteiger partial charge in [-0.3, -0.25) is 19.3 Å². The molecule has 1 fully saturated rings. The molecule has 0 aromatic carbocycles. The molecule has 0 saturated carbocycles. The molecule has 1 unspecified atom stereocenters. The first-order chi connectivity index (χ1) is 12.1. The van der Waals surface area contributed by atoms with Gasteiger partial charge in [-0.05, 0) is 25.0 Å². The molecular weight excluding hydrogens is 324 g/mol. The fourth-order valence-electron chi connectivity index (χ4n) is 3.37. The Hall–Kier alpha value is -3.23. The highest BCUT2D eigenvalue weighted by Gasteiger charge is 2.34. The van der Waals surface area contributed by atoms with Crippen LogP contribution in [0.5, 0.6) is 0 Å². The molecule has 9 heteroatoms. The first kappa shape index (κ1) is 15.3. The fourth-order valence-corrected chi connectivity index (χ4v) is 3.37. The number of nitro groups is 1. The van der Waals surface area contributed by atoms with Crippen LogP contribution in [0, 0.1) is 10.1 Å². The maximum absolute atomic E-state index is 12.6. The quantitative estimate of drug-likeness (QED) is 0.527. The van der Waals surface area contributed by atoms with Crippen molar-refractivity contribution >= 4 is 17.2 Å². The number of imidazole rings is 1. The molecule has 25 heavy (non-hydrogen) atoms. The van der Waals surface area contributed by atoms with E-state index in [1.165, 1.54) is 10.6 Å². The van der Waals surface area contributed by atoms with Gasteiger partial charge < -0.3 is 9.47 Å². The lowest BCUT2D eigenvalue weighted by Crippen LogP contribution is -2.35. The van der Waals surface area contributed by atoms with Crippen LogP contribution in [0.15, 0.2) is 47.9 Å². The van der Waals surface area contributed by atoms with E-state index in [9.17, 15) is 14.9 Å². The summed E-state index contributed by atoms with van der Waals surface area (Å²) in [4.78, 5) is 33.9. The third-order valence-electron chi connectivity index (χ3n) is 4.50. The van der Waals surface area contributed by atoms with Crippen molar-refractivity contribution in [3.05, 3.63) is 63.6 Å². The van der Waals surface area contributed by atoms with Gasteiger partial charge >= 0.3 is 11.2 Å². The number of hydrogen-bond acceptors (Lipinski definition) is 6. The summed E-state index contributed by atoms with van der Waals surface area (Å²) in [6.07, 6.45) is 8.54. The van der Waals surface area contributed by atoms with Gasteiger partial charge in [0.25, 0.3) is 0 Å². The summed E-state index contributed by atoms with van der Waals surface area (Å²) < 4.78 is 3.14. The molecule has 0 radical (unpaired) electrons. The van der Waals surface area contributed by atoms with E-state index in [0.29, 0.717) is 18.7 Å². The van der Waals surface area contributed by atoms with E-state index in [4.69, 9.17) is 0 Å². The second kappa shape index (κ2) is 6.00. The Bertz CT molecular complexity index is 981. The molecule has 0 N–H and O–H groups in total. The lowest BCUT2D eigenvalue weighted by atomic mass is 10.2. The zero-order valence-electron chi connectivity index (χ0n) is 13.4. The third kappa shape index (κ3) is 2.63. The average Bonchev–Trinajstić information content (AvgIpc) is 3.26. The molecule has 4 heterocycles. The Kier molecular flexibility index (Phi) is 3.68. The van der Waals surface area contributed by atoms with Gasteiger partial charge in [-0.15, -0.1) is 0 Å². The molecule has 128 valence electrons. The molecule has 3 aromatic rings. The van der Waals surface area contributed by atoms with Gasteiger partial charge in [0, 0.05) is 37.7 Å². The van der Waals surface area contributed by atoms with E-state index < -0.39 is 16.2 Å². The van der Waals surface area contributed by atoms with Crippen molar-refractivity contribution in [2.75, 3.05) is 11.4 Å². The van der Waals surface area contributed by atoms with Gasteiger partial charge in [0.15, 0.2) is 0 Å². The number of aromatic nitrogens is 4. The van der Waals surface area contributed by atoms with E-state index in [1.807, 2.05) is 15.7 Å². The van der Waals surface area contributed by atoms with Crippen molar-refractivity contribution in [1.29, 1.82) is 0 Å². The molecule has 1 saturated heterocycles. The Morgan fingerprint density at radius 2 is 2.20 bits per heavy atom. The van der Waals surface area contributed by atoms with Gasteiger partial charge in [0.2, 0.25) is 5.82 Å². The van der Waals surface area contributed by atoms with Crippen molar-refractivity contribution in [2.45, 2.75) is 25.4 Å². The van der Waals surface area contributed by atoms with Crippen molar-refractivity contribution in [3.63, 3.8) is 0 Å².